The molecule has 0 bridgehead atoms. The molecule has 0 radical (unpaired) electrons. The fraction of sp³-hybridized carbons (Fsp3) is 0.467. The summed E-state index contributed by atoms with van der Waals surface area (Å²) in [5.74, 6) is 0.513. The highest BCUT2D eigenvalue weighted by atomic mass is 32.1. The van der Waals surface area contributed by atoms with Crippen LogP contribution in [0.5, 0.6) is 5.75 Å². The van der Waals surface area contributed by atoms with E-state index in [2.05, 4.69) is 15.1 Å². The van der Waals surface area contributed by atoms with Crippen LogP contribution in [0.4, 0.5) is 4.39 Å². The number of halogens is 1. The average molecular weight is 307 g/mol. The average Bonchev–Trinajstić information content (AvgIpc) is 2.89. The molecule has 1 aromatic heterocycles. The molecule has 0 N–H and O–H groups in total. The van der Waals surface area contributed by atoms with Crippen LogP contribution in [0.3, 0.4) is 0 Å². The smallest absolute Gasteiger partial charge is 0.131 e. The summed E-state index contributed by atoms with van der Waals surface area (Å²) in [4.78, 5) is 2.38. The van der Waals surface area contributed by atoms with Gasteiger partial charge in [-0.2, -0.15) is 0 Å². The zero-order valence-corrected chi connectivity index (χ0v) is 12.8. The fourth-order valence-corrected chi connectivity index (χ4v) is 3.23. The van der Waals surface area contributed by atoms with Crippen molar-refractivity contribution in [2.45, 2.75) is 32.4 Å². The van der Waals surface area contributed by atoms with E-state index in [4.69, 9.17) is 4.74 Å². The SMILES string of the molecule is Cc1nnc(CN2CCC(Oc3ccc(F)cc3)CC2)s1. The van der Waals surface area contributed by atoms with Crippen molar-refractivity contribution in [1.82, 2.24) is 15.1 Å². The number of aromatic nitrogens is 2. The minimum absolute atomic E-state index is 0.211. The summed E-state index contributed by atoms with van der Waals surface area (Å²) in [7, 11) is 0. The molecule has 0 atom stereocenters. The summed E-state index contributed by atoms with van der Waals surface area (Å²) >= 11 is 1.66. The standard InChI is InChI=1S/C15H18FN3OS/c1-11-17-18-15(21-11)10-19-8-6-14(7-9-19)20-13-4-2-12(16)3-5-13/h2-5,14H,6-10H2,1H3. The van der Waals surface area contributed by atoms with Crippen molar-refractivity contribution in [2.24, 2.45) is 0 Å². The lowest BCUT2D eigenvalue weighted by molar-refractivity contribution is 0.0966. The zero-order chi connectivity index (χ0) is 14.7. The Bertz CT molecular complexity index is 579. The van der Waals surface area contributed by atoms with Gasteiger partial charge in [0.25, 0.3) is 0 Å². The van der Waals surface area contributed by atoms with Crippen molar-refractivity contribution in [1.29, 1.82) is 0 Å². The first kappa shape index (κ1) is 14.4. The maximum absolute atomic E-state index is 12.9. The monoisotopic (exact) mass is 307 g/mol. The topological polar surface area (TPSA) is 38.2 Å². The quantitative estimate of drug-likeness (QED) is 0.870. The van der Waals surface area contributed by atoms with E-state index in [-0.39, 0.29) is 11.9 Å². The van der Waals surface area contributed by atoms with Crippen molar-refractivity contribution in [2.75, 3.05) is 13.1 Å². The van der Waals surface area contributed by atoms with E-state index in [0.29, 0.717) is 0 Å². The van der Waals surface area contributed by atoms with E-state index < -0.39 is 0 Å². The normalized spacial score (nSPS) is 17.0. The number of ether oxygens (including phenoxy) is 1. The number of piperidine rings is 1. The Morgan fingerprint density at radius 2 is 1.95 bits per heavy atom. The molecule has 0 amide bonds. The van der Waals surface area contributed by atoms with Gasteiger partial charge in [-0.25, -0.2) is 4.39 Å². The van der Waals surface area contributed by atoms with Crippen LogP contribution in [0.2, 0.25) is 0 Å². The van der Waals surface area contributed by atoms with Crippen LogP contribution in [0.1, 0.15) is 22.9 Å². The number of hydrogen-bond donors (Lipinski definition) is 0. The van der Waals surface area contributed by atoms with Crippen LogP contribution in [0, 0.1) is 12.7 Å². The Morgan fingerprint density at radius 3 is 2.57 bits per heavy atom. The highest BCUT2D eigenvalue weighted by molar-refractivity contribution is 7.11. The molecule has 0 aliphatic carbocycles. The highest BCUT2D eigenvalue weighted by Crippen LogP contribution is 2.21. The van der Waals surface area contributed by atoms with E-state index in [1.54, 1.807) is 23.5 Å². The molecule has 0 saturated carbocycles. The lowest BCUT2D eigenvalue weighted by Gasteiger charge is -2.31. The number of hydrogen-bond acceptors (Lipinski definition) is 5. The van der Waals surface area contributed by atoms with E-state index in [1.807, 2.05) is 6.92 Å². The van der Waals surface area contributed by atoms with Gasteiger partial charge in [0.2, 0.25) is 0 Å². The fourth-order valence-electron chi connectivity index (χ4n) is 2.48. The van der Waals surface area contributed by atoms with Gasteiger partial charge in [0.1, 0.15) is 27.7 Å². The molecule has 1 fully saturated rings. The molecule has 3 rings (SSSR count). The Morgan fingerprint density at radius 1 is 1.24 bits per heavy atom. The molecule has 4 nitrogen and oxygen atoms in total. The van der Waals surface area contributed by atoms with Crippen LogP contribution in [0.15, 0.2) is 24.3 Å². The lowest BCUT2D eigenvalue weighted by Crippen LogP contribution is -2.37. The van der Waals surface area contributed by atoms with Gasteiger partial charge in [0.05, 0.1) is 6.54 Å². The Labute approximate surface area is 127 Å². The molecule has 1 aromatic carbocycles. The number of nitrogens with zero attached hydrogens (tertiary/aromatic N) is 3. The summed E-state index contributed by atoms with van der Waals surface area (Å²) in [5.41, 5.74) is 0. The van der Waals surface area contributed by atoms with Gasteiger partial charge in [-0.3, -0.25) is 4.90 Å². The molecule has 2 aromatic rings. The van der Waals surface area contributed by atoms with Gasteiger partial charge in [-0.15, -0.1) is 21.5 Å². The van der Waals surface area contributed by atoms with Gasteiger partial charge >= 0.3 is 0 Å². The molecule has 112 valence electrons. The van der Waals surface area contributed by atoms with Gasteiger partial charge in [-0.1, -0.05) is 0 Å². The predicted octanol–water partition coefficient (Wildman–Crippen LogP) is 3.03. The number of rotatable bonds is 4. The van der Waals surface area contributed by atoms with Crippen LogP contribution < -0.4 is 4.74 Å². The third-order valence-corrected chi connectivity index (χ3v) is 4.40. The van der Waals surface area contributed by atoms with Crippen molar-refractivity contribution in [3.8, 4) is 5.75 Å². The first-order valence-electron chi connectivity index (χ1n) is 7.12. The van der Waals surface area contributed by atoms with E-state index >= 15 is 0 Å². The van der Waals surface area contributed by atoms with Crippen LogP contribution in [-0.2, 0) is 6.54 Å². The van der Waals surface area contributed by atoms with E-state index in [9.17, 15) is 4.39 Å². The Hall–Kier alpha value is -1.53. The van der Waals surface area contributed by atoms with Crippen molar-refractivity contribution in [3.05, 3.63) is 40.1 Å². The van der Waals surface area contributed by atoms with Crippen LogP contribution in [-0.4, -0.2) is 34.3 Å². The zero-order valence-electron chi connectivity index (χ0n) is 12.0. The third kappa shape index (κ3) is 3.98. The third-order valence-electron chi connectivity index (χ3n) is 3.58. The maximum atomic E-state index is 12.9. The largest absolute Gasteiger partial charge is 0.490 e. The molecule has 6 heteroatoms. The number of benzene rings is 1. The van der Waals surface area contributed by atoms with E-state index in [0.717, 1.165) is 48.2 Å². The molecule has 0 spiro atoms. The second kappa shape index (κ2) is 6.49. The lowest BCUT2D eigenvalue weighted by atomic mass is 10.1. The Kier molecular flexibility index (Phi) is 4.45. The summed E-state index contributed by atoms with van der Waals surface area (Å²) in [6.45, 7) is 4.83. The van der Waals surface area contributed by atoms with Crippen LogP contribution >= 0.6 is 11.3 Å². The maximum Gasteiger partial charge on any atom is 0.131 e. The van der Waals surface area contributed by atoms with Gasteiger partial charge in [0.15, 0.2) is 0 Å². The van der Waals surface area contributed by atoms with Crippen molar-refractivity contribution >= 4 is 11.3 Å². The first-order chi connectivity index (χ1) is 10.2. The summed E-state index contributed by atoms with van der Waals surface area (Å²) in [6, 6.07) is 6.24. The number of likely N-dealkylation sites (tertiary alicyclic amines) is 1. The van der Waals surface area contributed by atoms with Gasteiger partial charge in [-0.05, 0) is 44.0 Å². The molecule has 1 aliphatic rings. The van der Waals surface area contributed by atoms with Crippen molar-refractivity contribution in [3.63, 3.8) is 0 Å². The number of aryl methyl sites for hydroxylation is 1. The molecular formula is C15H18FN3OS. The molecule has 21 heavy (non-hydrogen) atoms. The molecule has 1 saturated heterocycles. The molecule has 2 heterocycles. The second-order valence-electron chi connectivity index (χ2n) is 5.26. The van der Waals surface area contributed by atoms with Crippen molar-refractivity contribution < 1.29 is 9.13 Å². The highest BCUT2D eigenvalue weighted by Gasteiger charge is 2.21. The van der Waals surface area contributed by atoms with Gasteiger partial charge < -0.3 is 4.74 Å². The summed E-state index contributed by atoms with van der Waals surface area (Å²) < 4.78 is 18.7. The summed E-state index contributed by atoms with van der Waals surface area (Å²) in [6.07, 6.45) is 2.17. The molecule has 0 unspecified atom stereocenters. The molecular weight excluding hydrogens is 289 g/mol. The second-order valence-corrected chi connectivity index (χ2v) is 6.53. The minimum Gasteiger partial charge on any atom is -0.490 e. The van der Waals surface area contributed by atoms with Gasteiger partial charge in [0, 0.05) is 13.1 Å². The van der Waals surface area contributed by atoms with E-state index in [1.165, 1.54) is 12.1 Å². The summed E-state index contributed by atoms with van der Waals surface area (Å²) in [5, 5.41) is 10.3. The predicted molar refractivity (Wildman–Crippen MR) is 80.0 cm³/mol. The van der Waals surface area contributed by atoms with Crippen LogP contribution in [0.25, 0.3) is 0 Å². The Balaban J connectivity index is 1.47. The molecule has 1 aliphatic heterocycles. The minimum atomic E-state index is -0.232. The first-order valence-corrected chi connectivity index (χ1v) is 7.94.